The Balaban J connectivity index is 2.21. The van der Waals surface area contributed by atoms with Crippen molar-refractivity contribution >= 4 is 29.1 Å². The van der Waals surface area contributed by atoms with Crippen LogP contribution in [0.15, 0.2) is 18.2 Å². The molecule has 0 heterocycles. The van der Waals surface area contributed by atoms with Crippen molar-refractivity contribution < 1.29 is 9.18 Å². The molecule has 1 aromatic rings. The van der Waals surface area contributed by atoms with E-state index in [4.69, 9.17) is 23.2 Å². The Morgan fingerprint density at radius 1 is 1.56 bits per heavy atom. The Labute approximate surface area is 116 Å². The zero-order valence-electron chi connectivity index (χ0n) is 10.00. The third-order valence-electron chi connectivity index (χ3n) is 3.00. The Morgan fingerprint density at radius 3 is 2.72 bits per heavy atom. The van der Waals surface area contributed by atoms with Crippen molar-refractivity contribution in [2.24, 2.45) is 0 Å². The third-order valence-corrected chi connectivity index (χ3v) is 3.54. The Bertz CT molecular complexity index is 440. The lowest BCUT2D eigenvalue weighted by atomic mass is 10.2. The molecule has 1 unspecified atom stereocenters. The summed E-state index contributed by atoms with van der Waals surface area (Å²) in [5, 5.41) is -0.258. The molecule has 0 aromatic heterocycles. The fourth-order valence-corrected chi connectivity index (χ4v) is 2.20. The molecule has 1 aliphatic rings. The van der Waals surface area contributed by atoms with Crippen molar-refractivity contribution in [1.82, 2.24) is 4.90 Å². The normalized spacial score (nSPS) is 16.4. The fourth-order valence-electron chi connectivity index (χ4n) is 1.86. The lowest BCUT2D eigenvalue weighted by Gasteiger charge is -2.24. The van der Waals surface area contributed by atoms with Gasteiger partial charge in [0.2, 0.25) is 5.91 Å². The minimum absolute atomic E-state index is 0.168. The van der Waals surface area contributed by atoms with Crippen molar-refractivity contribution in [1.29, 1.82) is 0 Å². The van der Waals surface area contributed by atoms with Crippen LogP contribution in [0.2, 0.25) is 5.02 Å². The van der Waals surface area contributed by atoms with Crippen LogP contribution in [0.3, 0.4) is 0 Å². The topological polar surface area (TPSA) is 20.3 Å². The van der Waals surface area contributed by atoms with Gasteiger partial charge < -0.3 is 4.90 Å². The highest BCUT2D eigenvalue weighted by molar-refractivity contribution is 6.31. The van der Waals surface area contributed by atoms with Crippen LogP contribution in [0.4, 0.5) is 4.39 Å². The molecule has 2 rings (SSSR count). The van der Waals surface area contributed by atoms with Crippen molar-refractivity contribution in [2.75, 3.05) is 0 Å². The van der Waals surface area contributed by atoms with Gasteiger partial charge in [-0.25, -0.2) is 4.39 Å². The number of carbonyl (C=O) groups is 1. The number of carbonyl (C=O) groups excluding carboxylic acids is 1. The quantitative estimate of drug-likeness (QED) is 0.776. The van der Waals surface area contributed by atoms with Gasteiger partial charge in [0.05, 0.1) is 6.54 Å². The summed E-state index contributed by atoms with van der Waals surface area (Å²) in [7, 11) is 0. The van der Waals surface area contributed by atoms with E-state index < -0.39 is 5.38 Å². The number of rotatable bonds is 4. The first-order valence-electron chi connectivity index (χ1n) is 5.88. The van der Waals surface area contributed by atoms with Crippen LogP contribution in [-0.4, -0.2) is 22.2 Å². The number of hydrogen-bond acceptors (Lipinski definition) is 1. The zero-order valence-corrected chi connectivity index (χ0v) is 11.5. The zero-order chi connectivity index (χ0) is 13.3. The highest BCUT2D eigenvalue weighted by Crippen LogP contribution is 2.31. The standard InChI is InChI=1S/C13H14Cl2FNO/c1-8(14)13(18)17(9-5-6-9)7-10-11(15)3-2-4-12(10)16/h2-4,8-9H,5-7H2,1H3. The summed E-state index contributed by atoms with van der Waals surface area (Å²) in [6, 6.07) is 4.70. The lowest BCUT2D eigenvalue weighted by Crippen LogP contribution is -2.37. The van der Waals surface area contributed by atoms with Gasteiger partial charge in [-0.3, -0.25) is 4.79 Å². The maximum atomic E-state index is 13.7. The smallest absolute Gasteiger partial charge is 0.240 e. The van der Waals surface area contributed by atoms with Gasteiger partial charge >= 0.3 is 0 Å². The molecule has 2 nitrogen and oxygen atoms in total. The fraction of sp³-hybridized carbons (Fsp3) is 0.462. The first kappa shape index (κ1) is 13.6. The summed E-state index contributed by atoms with van der Waals surface area (Å²) < 4.78 is 13.7. The van der Waals surface area contributed by atoms with Gasteiger partial charge in [-0.15, -0.1) is 11.6 Å². The van der Waals surface area contributed by atoms with Crippen molar-refractivity contribution in [2.45, 2.75) is 37.7 Å². The van der Waals surface area contributed by atoms with Crippen molar-refractivity contribution in [3.63, 3.8) is 0 Å². The molecule has 0 aliphatic heterocycles. The van der Waals surface area contributed by atoms with E-state index in [0.717, 1.165) is 12.8 Å². The Hall–Kier alpha value is -0.800. The summed E-state index contributed by atoms with van der Waals surface area (Å²) >= 11 is 11.8. The molecule has 0 radical (unpaired) electrons. The van der Waals surface area contributed by atoms with E-state index in [2.05, 4.69) is 0 Å². The molecule has 0 spiro atoms. The summed E-state index contributed by atoms with van der Waals surface area (Å²) in [6.45, 7) is 1.81. The van der Waals surface area contributed by atoms with Crippen LogP contribution in [0, 0.1) is 5.82 Å². The third kappa shape index (κ3) is 2.96. The molecule has 1 aliphatic carbocycles. The number of halogens is 3. The van der Waals surface area contributed by atoms with E-state index in [9.17, 15) is 9.18 Å². The summed E-state index contributed by atoms with van der Waals surface area (Å²) in [4.78, 5) is 13.6. The number of amides is 1. The van der Waals surface area contributed by atoms with Gasteiger partial charge in [-0.1, -0.05) is 17.7 Å². The van der Waals surface area contributed by atoms with E-state index in [1.54, 1.807) is 24.0 Å². The average molecular weight is 290 g/mol. The van der Waals surface area contributed by atoms with Gasteiger partial charge in [-0.2, -0.15) is 0 Å². The second kappa shape index (κ2) is 5.45. The van der Waals surface area contributed by atoms with Crippen LogP contribution in [0.1, 0.15) is 25.3 Å². The molecule has 18 heavy (non-hydrogen) atoms. The van der Waals surface area contributed by atoms with Crippen LogP contribution in [-0.2, 0) is 11.3 Å². The number of hydrogen-bond donors (Lipinski definition) is 0. The van der Waals surface area contributed by atoms with Crippen LogP contribution in [0.5, 0.6) is 0 Å². The average Bonchev–Trinajstić information content (AvgIpc) is 3.12. The van der Waals surface area contributed by atoms with E-state index in [0.29, 0.717) is 10.6 Å². The number of alkyl halides is 1. The van der Waals surface area contributed by atoms with E-state index in [1.807, 2.05) is 0 Å². The SMILES string of the molecule is CC(Cl)C(=O)N(Cc1c(F)cccc1Cl)C1CC1. The summed E-state index contributed by atoms with van der Waals surface area (Å²) in [6.07, 6.45) is 1.89. The minimum Gasteiger partial charge on any atom is -0.334 e. The second-order valence-electron chi connectivity index (χ2n) is 4.51. The lowest BCUT2D eigenvalue weighted by molar-refractivity contribution is -0.131. The molecule has 1 atom stereocenters. The monoisotopic (exact) mass is 289 g/mol. The van der Waals surface area contributed by atoms with Crippen LogP contribution >= 0.6 is 23.2 Å². The second-order valence-corrected chi connectivity index (χ2v) is 5.58. The molecule has 98 valence electrons. The van der Waals surface area contributed by atoms with Gasteiger partial charge in [0.25, 0.3) is 0 Å². The van der Waals surface area contributed by atoms with Crippen molar-refractivity contribution in [3.8, 4) is 0 Å². The molecule has 1 aromatic carbocycles. The predicted molar refractivity (Wildman–Crippen MR) is 70.3 cm³/mol. The Kier molecular flexibility index (Phi) is 4.13. The minimum atomic E-state index is -0.601. The van der Waals surface area contributed by atoms with Gasteiger partial charge in [0.1, 0.15) is 11.2 Å². The molecule has 0 saturated heterocycles. The predicted octanol–water partition coefficient (Wildman–Crippen LogP) is 3.60. The van der Waals surface area contributed by atoms with Crippen LogP contribution in [0.25, 0.3) is 0 Å². The molecule has 0 bridgehead atoms. The molecule has 1 amide bonds. The summed E-state index contributed by atoms with van der Waals surface area (Å²) in [5.41, 5.74) is 0.358. The van der Waals surface area contributed by atoms with Crippen molar-refractivity contribution in [3.05, 3.63) is 34.6 Å². The molecular weight excluding hydrogens is 276 g/mol. The van der Waals surface area contributed by atoms with Gasteiger partial charge in [0.15, 0.2) is 0 Å². The van der Waals surface area contributed by atoms with E-state index in [1.165, 1.54) is 6.07 Å². The van der Waals surface area contributed by atoms with E-state index >= 15 is 0 Å². The number of nitrogens with zero attached hydrogens (tertiary/aromatic N) is 1. The first-order chi connectivity index (χ1) is 8.50. The molecule has 5 heteroatoms. The highest BCUT2D eigenvalue weighted by Gasteiger charge is 2.34. The molecule has 0 N–H and O–H groups in total. The maximum absolute atomic E-state index is 13.7. The maximum Gasteiger partial charge on any atom is 0.240 e. The summed E-state index contributed by atoms with van der Waals surface area (Å²) in [5.74, 6) is -0.554. The van der Waals surface area contributed by atoms with Gasteiger partial charge in [-0.05, 0) is 31.9 Å². The highest BCUT2D eigenvalue weighted by atomic mass is 35.5. The molecular formula is C13H14Cl2FNO. The van der Waals surface area contributed by atoms with Crippen LogP contribution < -0.4 is 0 Å². The molecule has 1 saturated carbocycles. The van der Waals surface area contributed by atoms with E-state index in [-0.39, 0.29) is 24.3 Å². The first-order valence-corrected chi connectivity index (χ1v) is 6.69. The Morgan fingerprint density at radius 2 is 2.22 bits per heavy atom. The molecule has 1 fully saturated rings. The number of benzene rings is 1. The largest absolute Gasteiger partial charge is 0.334 e. The van der Waals surface area contributed by atoms with Gasteiger partial charge in [0, 0.05) is 16.6 Å².